The summed E-state index contributed by atoms with van der Waals surface area (Å²) in [6, 6.07) is 8.03. The summed E-state index contributed by atoms with van der Waals surface area (Å²) in [5, 5.41) is 10.5. The van der Waals surface area contributed by atoms with Crippen LogP contribution in [0.4, 0.5) is 13.2 Å². The van der Waals surface area contributed by atoms with Gasteiger partial charge in [0.2, 0.25) is 0 Å². The van der Waals surface area contributed by atoms with Crippen molar-refractivity contribution < 1.29 is 22.7 Å². The second kappa shape index (κ2) is 4.68. The van der Waals surface area contributed by atoms with Crippen molar-refractivity contribution in [3.05, 3.63) is 71.2 Å². The summed E-state index contributed by atoms with van der Waals surface area (Å²) >= 11 is 0. The third-order valence-corrected chi connectivity index (χ3v) is 3.02. The molecule has 0 amide bonds. The lowest BCUT2D eigenvalue weighted by Gasteiger charge is -2.09. The number of aliphatic hydroxyl groups is 1. The quantitative estimate of drug-likeness (QED) is 0.770. The van der Waals surface area contributed by atoms with Crippen molar-refractivity contribution in [2.75, 3.05) is 0 Å². The molecule has 0 radical (unpaired) electrons. The molecule has 102 valence electrons. The average molecular weight is 278 g/mol. The summed E-state index contributed by atoms with van der Waals surface area (Å²) in [6.07, 6.45) is -1.46. The lowest BCUT2D eigenvalue weighted by Crippen LogP contribution is -2.02. The number of hydrogen-bond donors (Lipinski definition) is 1. The van der Waals surface area contributed by atoms with Crippen LogP contribution in [0.1, 0.15) is 17.4 Å². The Morgan fingerprint density at radius 3 is 2.40 bits per heavy atom. The fraction of sp³-hybridized carbons (Fsp3) is 0.0667. The van der Waals surface area contributed by atoms with E-state index in [0.29, 0.717) is 11.0 Å². The van der Waals surface area contributed by atoms with Crippen LogP contribution in [0.2, 0.25) is 0 Å². The Balaban J connectivity index is 2.07. The van der Waals surface area contributed by atoms with Crippen LogP contribution in [0.15, 0.2) is 46.9 Å². The van der Waals surface area contributed by atoms with E-state index in [4.69, 9.17) is 4.42 Å². The van der Waals surface area contributed by atoms with Crippen molar-refractivity contribution in [1.29, 1.82) is 0 Å². The number of furan rings is 1. The first-order valence-corrected chi connectivity index (χ1v) is 5.86. The van der Waals surface area contributed by atoms with Gasteiger partial charge in [-0.25, -0.2) is 13.2 Å². The van der Waals surface area contributed by atoms with Gasteiger partial charge in [0.25, 0.3) is 0 Å². The van der Waals surface area contributed by atoms with Crippen molar-refractivity contribution in [2.24, 2.45) is 0 Å². The molecule has 1 heterocycles. The van der Waals surface area contributed by atoms with Crippen LogP contribution in [-0.4, -0.2) is 5.11 Å². The fourth-order valence-electron chi connectivity index (χ4n) is 2.05. The van der Waals surface area contributed by atoms with E-state index < -0.39 is 23.6 Å². The van der Waals surface area contributed by atoms with Gasteiger partial charge in [-0.15, -0.1) is 0 Å². The molecular weight excluding hydrogens is 269 g/mol. The Labute approximate surface area is 112 Å². The minimum absolute atomic E-state index is 0.0232. The minimum atomic E-state index is -1.46. The topological polar surface area (TPSA) is 33.4 Å². The summed E-state index contributed by atoms with van der Waals surface area (Å²) in [7, 11) is 0. The lowest BCUT2D eigenvalue weighted by atomic mass is 10.1. The van der Waals surface area contributed by atoms with Gasteiger partial charge in [0.1, 0.15) is 34.9 Å². The molecule has 1 unspecified atom stereocenters. The highest BCUT2D eigenvalue weighted by Crippen LogP contribution is 2.30. The van der Waals surface area contributed by atoms with Gasteiger partial charge in [0.05, 0.1) is 0 Å². The van der Waals surface area contributed by atoms with Crippen LogP contribution < -0.4 is 0 Å². The molecule has 5 heteroatoms. The number of fused-ring (bicyclic) bond motifs is 1. The van der Waals surface area contributed by atoms with Gasteiger partial charge >= 0.3 is 0 Å². The predicted octanol–water partition coefficient (Wildman–Crippen LogP) is 3.93. The summed E-state index contributed by atoms with van der Waals surface area (Å²) in [4.78, 5) is 0. The maximum atomic E-state index is 13.6. The maximum absolute atomic E-state index is 13.6. The van der Waals surface area contributed by atoms with Gasteiger partial charge in [-0.1, -0.05) is 0 Å². The molecule has 1 N–H and O–H groups in total. The number of rotatable bonds is 2. The molecule has 1 aromatic heterocycles. The molecule has 1 atom stereocenters. The van der Waals surface area contributed by atoms with E-state index in [0.717, 1.165) is 18.2 Å². The second-order valence-corrected chi connectivity index (χ2v) is 4.40. The van der Waals surface area contributed by atoms with Gasteiger partial charge in [0.15, 0.2) is 0 Å². The molecule has 0 saturated carbocycles. The SMILES string of the molecule is OC(c1cc2cc(F)ccc2o1)c1cc(F)ccc1F. The molecule has 0 spiro atoms. The highest BCUT2D eigenvalue weighted by atomic mass is 19.1. The number of aliphatic hydroxyl groups excluding tert-OH is 1. The van der Waals surface area contributed by atoms with Crippen LogP contribution in [-0.2, 0) is 0 Å². The standard InChI is InChI=1S/C15H9F3O2/c16-9-2-4-13-8(5-9)6-14(20-13)15(19)11-7-10(17)1-3-12(11)18/h1-7,15,19H. The summed E-state index contributed by atoms with van der Waals surface area (Å²) < 4.78 is 45.1. The third kappa shape index (κ3) is 2.16. The Bertz CT molecular complexity index is 780. The van der Waals surface area contributed by atoms with E-state index >= 15 is 0 Å². The monoisotopic (exact) mass is 278 g/mol. The Morgan fingerprint density at radius 2 is 1.60 bits per heavy atom. The Hall–Kier alpha value is -2.27. The first kappa shape index (κ1) is 12.7. The lowest BCUT2D eigenvalue weighted by molar-refractivity contribution is 0.187. The van der Waals surface area contributed by atoms with E-state index in [9.17, 15) is 18.3 Å². The predicted molar refractivity (Wildman–Crippen MR) is 66.6 cm³/mol. The van der Waals surface area contributed by atoms with Crippen LogP contribution in [0.5, 0.6) is 0 Å². The first-order valence-electron chi connectivity index (χ1n) is 5.86. The molecule has 0 bridgehead atoms. The molecule has 2 aromatic carbocycles. The van der Waals surface area contributed by atoms with Crippen LogP contribution >= 0.6 is 0 Å². The normalized spacial score (nSPS) is 12.8. The molecule has 20 heavy (non-hydrogen) atoms. The van der Waals surface area contributed by atoms with E-state index in [-0.39, 0.29) is 11.3 Å². The van der Waals surface area contributed by atoms with Crippen molar-refractivity contribution in [3.8, 4) is 0 Å². The van der Waals surface area contributed by atoms with Gasteiger partial charge in [-0.2, -0.15) is 0 Å². The van der Waals surface area contributed by atoms with Gasteiger partial charge in [0, 0.05) is 10.9 Å². The van der Waals surface area contributed by atoms with Crippen molar-refractivity contribution >= 4 is 11.0 Å². The van der Waals surface area contributed by atoms with Crippen molar-refractivity contribution in [3.63, 3.8) is 0 Å². The molecule has 0 saturated heterocycles. The molecular formula is C15H9F3O2. The molecule has 0 aliphatic rings. The fourth-order valence-corrected chi connectivity index (χ4v) is 2.05. The number of benzene rings is 2. The summed E-state index contributed by atoms with van der Waals surface area (Å²) in [6.45, 7) is 0. The van der Waals surface area contributed by atoms with Crippen LogP contribution in [0, 0.1) is 17.5 Å². The number of hydrogen-bond acceptors (Lipinski definition) is 2. The van der Waals surface area contributed by atoms with Gasteiger partial charge in [-0.05, 0) is 42.5 Å². The molecule has 0 fully saturated rings. The zero-order valence-corrected chi connectivity index (χ0v) is 10.1. The zero-order chi connectivity index (χ0) is 14.3. The van der Waals surface area contributed by atoms with Crippen LogP contribution in [0.3, 0.4) is 0 Å². The van der Waals surface area contributed by atoms with E-state index in [1.165, 1.54) is 24.3 Å². The second-order valence-electron chi connectivity index (χ2n) is 4.40. The molecule has 0 aliphatic carbocycles. The van der Waals surface area contributed by atoms with E-state index in [1.807, 2.05) is 0 Å². The Morgan fingerprint density at radius 1 is 0.900 bits per heavy atom. The molecule has 0 aliphatic heterocycles. The van der Waals surface area contributed by atoms with E-state index in [2.05, 4.69) is 0 Å². The third-order valence-electron chi connectivity index (χ3n) is 3.02. The summed E-state index contributed by atoms with van der Waals surface area (Å²) in [5.74, 6) is -1.83. The minimum Gasteiger partial charge on any atom is -0.458 e. The molecule has 3 rings (SSSR count). The molecule has 2 nitrogen and oxygen atoms in total. The molecule has 3 aromatic rings. The number of halogens is 3. The highest BCUT2D eigenvalue weighted by molar-refractivity contribution is 5.78. The van der Waals surface area contributed by atoms with Gasteiger partial charge < -0.3 is 9.52 Å². The maximum Gasteiger partial charge on any atom is 0.140 e. The van der Waals surface area contributed by atoms with Crippen molar-refractivity contribution in [2.45, 2.75) is 6.10 Å². The van der Waals surface area contributed by atoms with Crippen molar-refractivity contribution in [1.82, 2.24) is 0 Å². The smallest absolute Gasteiger partial charge is 0.140 e. The highest BCUT2D eigenvalue weighted by Gasteiger charge is 2.20. The first-order chi connectivity index (χ1) is 9.54. The van der Waals surface area contributed by atoms with Crippen LogP contribution in [0.25, 0.3) is 11.0 Å². The van der Waals surface area contributed by atoms with E-state index in [1.54, 1.807) is 0 Å². The largest absolute Gasteiger partial charge is 0.458 e. The zero-order valence-electron chi connectivity index (χ0n) is 10.1. The average Bonchev–Trinajstić information content (AvgIpc) is 2.83. The Kier molecular flexibility index (Phi) is 2.99. The summed E-state index contributed by atoms with van der Waals surface area (Å²) in [5.41, 5.74) is 0.127. The van der Waals surface area contributed by atoms with Gasteiger partial charge in [-0.3, -0.25) is 0 Å².